The first-order chi connectivity index (χ1) is 8.25. The fourth-order valence-corrected chi connectivity index (χ4v) is 2.03. The van der Waals surface area contributed by atoms with Crippen molar-refractivity contribution < 1.29 is 9.53 Å². The average molecular weight is 242 g/mol. The summed E-state index contributed by atoms with van der Waals surface area (Å²) in [5.74, 6) is 0.597. The Morgan fingerprint density at radius 1 is 1.41 bits per heavy atom. The van der Waals surface area contributed by atoms with Crippen LogP contribution in [0.3, 0.4) is 0 Å². The van der Waals surface area contributed by atoms with Crippen LogP contribution in [0.2, 0.25) is 0 Å². The molecule has 4 nitrogen and oxygen atoms in total. The first kappa shape index (κ1) is 14.5. The van der Waals surface area contributed by atoms with E-state index in [0.29, 0.717) is 5.92 Å². The highest BCUT2D eigenvalue weighted by Gasteiger charge is 2.28. The number of amides is 1. The highest BCUT2D eigenvalue weighted by atomic mass is 16.5. The number of carbonyl (C=O) groups excluding carboxylic acids is 1. The summed E-state index contributed by atoms with van der Waals surface area (Å²) in [6.45, 7) is 7.53. The van der Waals surface area contributed by atoms with Gasteiger partial charge in [0.1, 0.15) is 0 Å². The summed E-state index contributed by atoms with van der Waals surface area (Å²) in [5.41, 5.74) is 0. The van der Waals surface area contributed by atoms with E-state index < -0.39 is 0 Å². The second kappa shape index (κ2) is 8.48. The fourth-order valence-electron chi connectivity index (χ4n) is 2.03. The monoisotopic (exact) mass is 242 g/mol. The Kier molecular flexibility index (Phi) is 7.21. The molecule has 0 aromatic heterocycles. The van der Waals surface area contributed by atoms with E-state index in [2.05, 4.69) is 24.5 Å². The lowest BCUT2D eigenvalue weighted by Crippen LogP contribution is -2.43. The Morgan fingerprint density at radius 3 is 2.82 bits per heavy atom. The van der Waals surface area contributed by atoms with Gasteiger partial charge in [0.15, 0.2) is 0 Å². The van der Waals surface area contributed by atoms with Gasteiger partial charge in [-0.2, -0.15) is 0 Å². The van der Waals surface area contributed by atoms with Crippen LogP contribution >= 0.6 is 0 Å². The van der Waals surface area contributed by atoms with Gasteiger partial charge in [-0.1, -0.05) is 20.3 Å². The molecule has 0 aromatic rings. The SMILES string of the molecule is CCCCOCCCNC(=O)C1NCCC1C. The zero-order valence-electron chi connectivity index (χ0n) is 11.1. The van der Waals surface area contributed by atoms with Crippen LogP contribution in [0.4, 0.5) is 0 Å². The number of ether oxygens (including phenoxy) is 1. The van der Waals surface area contributed by atoms with Gasteiger partial charge in [0.05, 0.1) is 6.04 Å². The molecule has 1 amide bonds. The standard InChI is InChI=1S/C13H26N2O2/c1-3-4-9-17-10-5-7-15-13(16)12-11(2)6-8-14-12/h11-12,14H,3-10H2,1-2H3,(H,15,16). The molecule has 1 rings (SSSR count). The van der Waals surface area contributed by atoms with Crippen LogP contribution in [-0.2, 0) is 9.53 Å². The van der Waals surface area contributed by atoms with Crippen LogP contribution in [0.5, 0.6) is 0 Å². The maximum atomic E-state index is 11.8. The highest BCUT2D eigenvalue weighted by Crippen LogP contribution is 2.13. The molecule has 2 atom stereocenters. The van der Waals surface area contributed by atoms with Crippen molar-refractivity contribution in [3.8, 4) is 0 Å². The van der Waals surface area contributed by atoms with Crippen molar-refractivity contribution in [1.82, 2.24) is 10.6 Å². The molecule has 1 heterocycles. The molecule has 2 unspecified atom stereocenters. The Morgan fingerprint density at radius 2 is 2.18 bits per heavy atom. The van der Waals surface area contributed by atoms with E-state index in [1.807, 2.05) is 0 Å². The predicted molar refractivity (Wildman–Crippen MR) is 68.9 cm³/mol. The third-order valence-corrected chi connectivity index (χ3v) is 3.22. The number of carbonyl (C=O) groups is 1. The first-order valence-electron chi connectivity index (χ1n) is 6.84. The van der Waals surface area contributed by atoms with Gasteiger partial charge < -0.3 is 15.4 Å². The van der Waals surface area contributed by atoms with E-state index in [-0.39, 0.29) is 11.9 Å². The van der Waals surface area contributed by atoms with Crippen molar-refractivity contribution in [1.29, 1.82) is 0 Å². The van der Waals surface area contributed by atoms with Crippen LogP contribution in [0.1, 0.15) is 39.5 Å². The predicted octanol–water partition coefficient (Wildman–Crippen LogP) is 1.31. The molecule has 0 radical (unpaired) electrons. The number of hydrogen-bond donors (Lipinski definition) is 2. The maximum absolute atomic E-state index is 11.8. The zero-order valence-corrected chi connectivity index (χ0v) is 11.1. The summed E-state index contributed by atoms with van der Waals surface area (Å²) in [5, 5.41) is 6.20. The van der Waals surface area contributed by atoms with Crippen LogP contribution in [0.15, 0.2) is 0 Å². The molecule has 4 heteroatoms. The van der Waals surface area contributed by atoms with E-state index in [1.54, 1.807) is 0 Å². The van der Waals surface area contributed by atoms with Gasteiger partial charge in [-0.25, -0.2) is 0 Å². The quantitative estimate of drug-likeness (QED) is 0.631. The van der Waals surface area contributed by atoms with Gasteiger partial charge >= 0.3 is 0 Å². The lowest BCUT2D eigenvalue weighted by molar-refractivity contribution is -0.123. The molecule has 17 heavy (non-hydrogen) atoms. The second-order valence-corrected chi connectivity index (χ2v) is 4.81. The van der Waals surface area contributed by atoms with Crippen LogP contribution < -0.4 is 10.6 Å². The normalized spacial score (nSPS) is 23.9. The molecule has 0 spiro atoms. The van der Waals surface area contributed by atoms with E-state index in [0.717, 1.165) is 45.6 Å². The minimum Gasteiger partial charge on any atom is -0.381 e. The van der Waals surface area contributed by atoms with E-state index in [1.165, 1.54) is 6.42 Å². The van der Waals surface area contributed by atoms with Gasteiger partial charge in [-0.05, 0) is 31.7 Å². The Bertz CT molecular complexity index is 221. The molecule has 1 saturated heterocycles. The first-order valence-corrected chi connectivity index (χ1v) is 6.84. The van der Waals surface area contributed by atoms with Gasteiger partial charge in [-0.3, -0.25) is 4.79 Å². The summed E-state index contributed by atoms with van der Waals surface area (Å²) in [4.78, 5) is 11.8. The average Bonchev–Trinajstić information content (AvgIpc) is 2.74. The summed E-state index contributed by atoms with van der Waals surface area (Å²) in [7, 11) is 0. The van der Waals surface area contributed by atoms with Crippen molar-refractivity contribution in [3.63, 3.8) is 0 Å². The third kappa shape index (κ3) is 5.50. The molecule has 0 aliphatic carbocycles. The Balaban J connectivity index is 1.97. The second-order valence-electron chi connectivity index (χ2n) is 4.81. The minimum atomic E-state index is 0.0102. The lowest BCUT2D eigenvalue weighted by atomic mass is 10.0. The summed E-state index contributed by atoms with van der Waals surface area (Å²) in [6.07, 6.45) is 4.28. The third-order valence-electron chi connectivity index (χ3n) is 3.22. The molecular weight excluding hydrogens is 216 g/mol. The van der Waals surface area contributed by atoms with Crippen molar-refractivity contribution in [2.75, 3.05) is 26.3 Å². The molecule has 2 N–H and O–H groups in total. The molecule has 1 aliphatic rings. The van der Waals surface area contributed by atoms with E-state index in [4.69, 9.17) is 4.74 Å². The maximum Gasteiger partial charge on any atom is 0.237 e. The van der Waals surface area contributed by atoms with Crippen molar-refractivity contribution >= 4 is 5.91 Å². The van der Waals surface area contributed by atoms with E-state index in [9.17, 15) is 4.79 Å². The number of rotatable bonds is 8. The topological polar surface area (TPSA) is 50.4 Å². The van der Waals surface area contributed by atoms with Crippen molar-refractivity contribution in [3.05, 3.63) is 0 Å². The molecule has 100 valence electrons. The van der Waals surface area contributed by atoms with Crippen LogP contribution in [-0.4, -0.2) is 38.3 Å². The molecular formula is C13H26N2O2. The summed E-state index contributed by atoms with van der Waals surface area (Å²) in [6, 6.07) is 0.0102. The van der Waals surface area contributed by atoms with Crippen LogP contribution in [0.25, 0.3) is 0 Å². The van der Waals surface area contributed by atoms with Gasteiger partial charge in [0.25, 0.3) is 0 Å². The molecule has 0 bridgehead atoms. The van der Waals surface area contributed by atoms with Gasteiger partial charge in [-0.15, -0.1) is 0 Å². The summed E-state index contributed by atoms with van der Waals surface area (Å²) < 4.78 is 5.44. The number of unbranched alkanes of at least 4 members (excludes halogenated alkanes) is 1. The molecule has 0 aromatic carbocycles. The zero-order chi connectivity index (χ0) is 12.5. The lowest BCUT2D eigenvalue weighted by Gasteiger charge is -2.15. The van der Waals surface area contributed by atoms with Gasteiger partial charge in [0.2, 0.25) is 5.91 Å². The summed E-state index contributed by atoms with van der Waals surface area (Å²) >= 11 is 0. The van der Waals surface area contributed by atoms with Crippen molar-refractivity contribution in [2.24, 2.45) is 5.92 Å². The largest absolute Gasteiger partial charge is 0.381 e. The Labute approximate surface area is 104 Å². The highest BCUT2D eigenvalue weighted by molar-refractivity contribution is 5.82. The number of hydrogen-bond acceptors (Lipinski definition) is 3. The fraction of sp³-hybridized carbons (Fsp3) is 0.923. The Hall–Kier alpha value is -0.610. The number of nitrogens with one attached hydrogen (secondary N) is 2. The van der Waals surface area contributed by atoms with Gasteiger partial charge in [0, 0.05) is 19.8 Å². The van der Waals surface area contributed by atoms with E-state index >= 15 is 0 Å². The van der Waals surface area contributed by atoms with Crippen LogP contribution in [0, 0.1) is 5.92 Å². The van der Waals surface area contributed by atoms with Crippen molar-refractivity contribution in [2.45, 2.75) is 45.6 Å². The molecule has 1 aliphatic heterocycles. The molecule has 1 fully saturated rings. The smallest absolute Gasteiger partial charge is 0.237 e. The minimum absolute atomic E-state index is 0.0102. The molecule has 0 saturated carbocycles.